The molecule has 0 radical (unpaired) electrons. The summed E-state index contributed by atoms with van der Waals surface area (Å²) in [6, 6.07) is 0. The van der Waals surface area contributed by atoms with E-state index in [1.165, 1.54) is 0 Å². The molecule has 3 nitrogen and oxygen atoms in total. The Bertz CT molecular complexity index is 97.7. The maximum Gasteiger partial charge on any atom is 0.0546 e. The number of aliphatic hydroxyl groups excluding tert-OH is 1. The Hall–Kier alpha value is 0.0700. The summed E-state index contributed by atoms with van der Waals surface area (Å²) in [7, 11) is -0.827. The second-order valence-electron chi connectivity index (χ2n) is 2.07. The van der Waals surface area contributed by atoms with Gasteiger partial charge in [0.2, 0.25) is 0 Å². The van der Waals surface area contributed by atoms with Gasteiger partial charge >= 0.3 is 0 Å². The summed E-state index contributed by atoms with van der Waals surface area (Å²) in [6.45, 7) is 0.686. The third-order valence-electron chi connectivity index (χ3n) is 1.15. The van der Waals surface area contributed by atoms with Gasteiger partial charge in [0.1, 0.15) is 0 Å². The molecule has 0 rings (SSSR count). The minimum Gasteiger partial charge on any atom is -0.395 e. The van der Waals surface area contributed by atoms with Crippen LogP contribution in [0.2, 0.25) is 0 Å². The zero-order chi connectivity index (χ0) is 7.82. The average Bonchev–Trinajstić information content (AvgIpc) is 1.89. The maximum atomic E-state index is 10.8. The highest BCUT2D eigenvalue weighted by molar-refractivity contribution is 7.84. The van der Waals surface area contributed by atoms with Gasteiger partial charge in [-0.05, 0) is 19.4 Å². The van der Waals surface area contributed by atoms with Gasteiger partial charge < -0.3 is 10.8 Å². The number of nitrogens with two attached hydrogens (primary N) is 1. The lowest BCUT2D eigenvalue weighted by Gasteiger charge is -1.97. The van der Waals surface area contributed by atoms with Crippen molar-refractivity contribution in [1.82, 2.24) is 0 Å². The summed E-state index contributed by atoms with van der Waals surface area (Å²) in [4.78, 5) is 0. The maximum absolute atomic E-state index is 10.8. The summed E-state index contributed by atoms with van der Waals surface area (Å²) >= 11 is 0. The van der Waals surface area contributed by atoms with Gasteiger partial charge in [-0.2, -0.15) is 0 Å². The molecule has 0 saturated heterocycles. The van der Waals surface area contributed by atoms with Gasteiger partial charge in [0.05, 0.1) is 6.61 Å². The minimum absolute atomic E-state index is 0.0231. The normalized spacial score (nSPS) is 13.4. The summed E-state index contributed by atoms with van der Waals surface area (Å²) in [5.41, 5.74) is 5.24. The Labute approximate surface area is 64.1 Å². The van der Waals surface area contributed by atoms with E-state index in [2.05, 4.69) is 0 Å². The molecule has 0 aliphatic rings. The van der Waals surface area contributed by atoms with Crippen LogP contribution in [0.25, 0.3) is 0 Å². The van der Waals surface area contributed by atoms with Crippen LogP contribution in [0, 0.1) is 0 Å². The van der Waals surface area contributed by atoms with Gasteiger partial charge in [-0.3, -0.25) is 4.21 Å². The molecule has 62 valence electrons. The van der Waals surface area contributed by atoms with Crippen LogP contribution in [-0.2, 0) is 10.8 Å². The van der Waals surface area contributed by atoms with Crippen molar-refractivity contribution in [3.63, 3.8) is 0 Å². The molecular formula is C6H15NO2S. The van der Waals surface area contributed by atoms with Crippen LogP contribution in [0.15, 0.2) is 0 Å². The highest BCUT2D eigenvalue weighted by Crippen LogP contribution is 1.90. The Morgan fingerprint density at radius 1 is 1.30 bits per heavy atom. The lowest BCUT2D eigenvalue weighted by molar-refractivity contribution is 0.321. The van der Waals surface area contributed by atoms with Crippen LogP contribution >= 0.6 is 0 Å². The van der Waals surface area contributed by atoms with E-state index >= 15 is 0 Å². The smallest absolute Gasteiger partial charge is 0.0546 e. The molecule has 0 aliphatic heterocycles. The number of rotatable bonds is 6. The van der Waals surface area contributed by atoms with Crippen molar-refractivity contribution in [2.75, 3.05) is 24.7 Å². The van der Waals surface area contributed by atoms with Crippen molar-refractivity contribution in [2.24, 2.45) is 5.73 Å². The fourth-order valence-corrected chi connectivity index (χ4v) is 1.55. The Balaban J connectivity index is 3.05. The Morgan fingerprint density at radius 2 is 2.00 bits per heavy atom. The van der Waals surface area contributed by atoms with Gasteiger partial charge in [0.15, 0.2) is 0 Å². The second-order valence-corrected chi connectivity index (χ2v) is 3.76. The standard InChI is InChI=1S/C6H15NO2S/c7-3-1-2-5-10(9)6-4-8/h8H,1-7H2. The van der Waals surface area contributed by atoms with E-state index in [4.69, 9.17) is 10.8 Å². The van der Waals surface area contributed by atoms with Crippen molar-refractivity contribution in [2.45, 2.75) is 12.8 Å². The quantitative estimate of drug-likeness (QED) is 0.520. The molecule has 0 saturated carbocycles. The first kappa shape index (κ1) is 10.1. The van der Waals surface area contributed by atoms with Gasteiger partial charge in [0.25, 0.3) is 0 Å². The molecule has 0 bridgehead atoms. The van der Waals surface area contributed by atoms with E-state index in [9.17, 15) is 4.21 Å². The van der Waals surface area contributed by atoms with Crippen molar-refractivity contribution in [3.8, 4) is 0 Å². The Kier molecular flexibility index (Phi) is 7.23. The topological polar surface area (TPSA) is 63.3 Å². The molecule has 3 N–H and O–H groups in total. The molecule has 1 atom stereocenters. The first-order valence-electron chi connectivity index (χ1n) is 3.47. The molecule has 10 heavy (non-hydrogen) atoms. The zero-order valence-corrected chi connectivity index (χ0v) is 6.90. The predicted octanol–water partition coefficient (Wildman–Crippen LogP) is -0.534. The second kappa shape index (κ2) is 7.18. The fourth-order valence-electron chi connectivity index (χ4n) is 0.611. The van der Waals surface area contributed by atoms with E-state index in [0.29, 0.717) is 18.1 Å². The molecule has 0 heterocycles. The van der Waals surface area contributed by atoms with Crippen LogP contribution in [-0.4, -0.2) is 34.0 Å². The van der Waals surface area contributed by atoms with Crippen LogP contribution in [0.5, 0.6) is 0 Å². The molecule has 0 amide bonds. The van der Waals surface area contributed by atoms with E-state index in [-0.39, 0.29) is 6.61 Å². The minimum atomic E-state index is -0.827. The van der Waals surface area contributed by atoms with Gasteiger partial charge in [-0.25, -0.2) is 0 Å². The summed E-state index contributed by atoms with van der Waals surface area (Å²) < 4.78 is 10.8. The molecule has 0 aromatic rings. The van der Waals surface area contributed by atoms with E-state index < -0.39 is 10.8 Å². The fraction of sp³-hybridized carbons (Fsp3) is 1.00. The van der Waals surface area contributed by atoms with Crippen molar-refractivity contribution in [3.05, 3.63) is 0 Å². The highest BCUT2D eigenvalue weighted by Gasteiger charge is 1.96. The lowest BCUT2D eigenvalue weighted by atomic mass is 10.3. The van der Waals surface area contributed by atoms with Crippen LogP contribution < -0.4 is 5.73 Å². The van der Waals surface area contributed by atoms with Gasteiger partial charge in [0, 0.05) is 22.3 Å². The molecule has 0 aromatic heterocycles. The Morgan fingerprint density at radius 3 is 2.50 bits per heavy atom. The van der Waals surface area contributed by atoms with Gasteiger partial charge in [-0.15, -0.1) is 0 Å². The first-order chi connectivity index (χ1) is 4.81. The van der Waals surface area contributed by atoms with Crippen LogP contribution in [0.3, 0.4) is 0 Å². The average molecular weight is 165 g/mol. The molecule has 0 aliphatic carbocycles. The molecular weight excluding hydrogens is 150 g/mol. The number of hydrogen-bond acceptors (Lipinski definition) is 3. The lowest BCUT2D eigenvalue weighted by Crippen LogP contribution is -2.07. The zero-order valence-electron chi connectivity index (χ0n) is 6.08. The number of hydrogen-bond donors (Lipinski definition) is 2. The van der Waals surface area contributed by atoms with Crippen molar-refractivity contribution < 1.29 is 9.32 Å². The number of unbranched alkanes of at least 4 members (excludes halogenated alkanes) is 1. The van der Waals surface area contributed by atoms with Gasteiger partial charge in [-0.1, -0.05) is 0 Å². The predicted molar refractivity (Wildman–Crippen MR) is 43.3 cm³/mol. The van der Waals surface area contributed by atoms with E-state index in [1.807, 2.05) is 0 Å². The third-order valence-corrected chi connectivity index (χ3v) is 2.53. The molecule has 0 aromatic carbocycles. The summed E-state index contributed by atoms with van der Waals surface area (Å²) in [6.07, 6.45) is 1.83. The number of aliphatic hydroxyl groups is 1. The van der Waals surface area contributed by atoms with E-state index in [1.54, 1.807) is 0 Å². The summed E-state index contributed by atoms with van der Waals surface area (Å²) in [5, 5.41) is 8.38. The molecule has 4 heteroatoms. The van der Waals surface area contributed by atoms with Crippen LogP contribution in [0.1, 0.15) is 12.8 Å². The largest absolute Gasteiger partial charge is 0.395 e. The SMILES string of the molecule is NCCCCS(=O)CCO. The van der Waals surface area contributed by atoms with Crippen molar-refractivity contribution in [1.29, 1.82) is 0 Å². The van der Waals surface area contributed by atoms with Crippen LogP contribution in [0.4, 0.5) is 0 Å². The summed E-state index contributed by atoms with van der Waals surface area (Å²) in [5.74, 6) is 1.09. The highest BCUT2D eigenvalue weighted by atomic mass is 32.2. The molecule has 0 spiro atoms. The first-order valence-corrected chi connectivity index (χ1v) is 4.96. The van der Waals surface area contributed by atoms with Crippen molar-refractivity contribution >= 4 is 10.8 Å². The molecule has 0 fully saturated rings. The molecule has 1 unspecified atom stereocenters. The van der Waals surface area contributed by atoms with E-state index in [0.717, 1.165) is 12.8 Å². The third kappa shape index (κ3) is 6.19. The monoisotopic (exact) mass is 165 g/mol.